The van der Waals surface area contributed by atoms with Gasteiger partial charge in [-0.1, -0.05) is 12.1 Å². The van der Waals surface area contributed by atoms with E-state index in [1.165, 1.54) is 12.1 Å². The molecule has 7 N–H and O–H groups in total. The molecule has 0 unspecified atom stereocenters. The minimum Gasteiger partial charge on any atom is -0.508 e. The molecule has 0 bridgehead atoms. The summed E-state index contributed by atoms with van der Waals surface area (Å²) >= 11 is 0. The molecule has 0 aliphatic rings. The van der Waals surface area contributed by atoms with Crippen molar-refractivity contribution < 1.29 is 49.2 Å². The normalized spacial score (nSPS) is 12.1. The molecular weight excluding hydrogens is 490 g/mol. The van der Waals surface area contributed by atoms with E-state index < -0.39 is 41.9 Å². The van der Waals surface area contributed by atoms with E-state index in [0.717, 1.165) is 0 Å². The molecule has 0 aliphatic heterocycles. The summed E-state index contributed by atoms with van der Waals surface area (Å²) in [5.74, 6) is -4.22. The lowest BCUT2D eigenvalue weighted by Crippen LogP contribution is -2.46. The van der Waals surface area contributed by atoms with Crippen LogP contribution >= 0.6 is 0 Å². The zero-order valence-electron chi connectivity index (χ0n) is 20.3. The van der Waals surface area contributed by atoms with Crippen molar-refractivity contribution in [3.8, 4) is 5.75 Å². The van der Waals surface area contributed by atoms with Gasteiger partial charge >= 0.3 is 23.9 Å². The number of hydrogen-bond acceptors (Lipinski definition) is 7. The number of hydrogen-bond donors (Lipinski definition) is 7. The highest BCUT2D eigenvalue weighted by atomic mass is 16.4. The van der Waals surface area contributed by atoms with Crippen LogP contribution in [0.15, 0.2) is 24.3 Å². The summed E-state index contributed by atoms with van der Waals surface area (Å²) in [5, 5.41) is 43.5. The summed E-state index contributed by atoms with van der Waals surface area (Å²) in [7, 11) is 0. The van der Waals surface area contributed by atoms with Crippen molar-refractivity contribution in [2.24, 2.45) is 0 Å². The van der Waals surface area contributed by atoms with E-state index in [-0.39, 0.29) is 63.0 Å². The topological polar surface area (TPSA) is 219 Å². The smallest absolute Gasteiger partial charge is 0.326 e. The highest BCUT2D eigenvalue weighted by Gasteiger charge is 2.22. The first-order valence-corrected chi connectivity index (χ1v) is 11.8. The number of phenols is 1. The van der Waals surface area contributed by atoms with Crippen molar-refractivity contribution >= 4 is 35.6 Å². The predicted octanol–water partition coefficient (Wildman–Crippen LogP) is 1.03. The van der Waals surface area contributed by atoms with E-state index in [9.17, 15) is 44.1 Å². The molecule has 13 nitrogen and oxygen atoms in total. The van der Waals surface area contributed by atoms with Gasteiger partial charge in [0.15, 0.2) is 0 Å². The van der Waals surface area contributed by atoms with Gasteiger partial charge in [-0.25, -0.2) is 14.4 Å². The number of aliphatic carboxylic acids is 3. The quantitative estimate of drug-likeness (QED) is 0.135. The van der Waals surface area contributed by atoms with Crippen molar-refractivity contribution in [2.75, 3.05) is 6.54 Å². The van der Waals surface area contributed by atoms with E-state index in [1.807, 2.05) is 0 Å². The van der Waals surface area contributed by atoms with E-state index in [2.05, 4.69) is 16.0 Å². The van der Waals surface area contributed by atoms with Crippen LogP contribution in [0.25, 0.3) is 0 Å². The second-order valence-electron chi connectivity index (χ2n) is 8.40. The minimum atomic E-state index is -1.31. The monoisotopic (exact) mass is 523 g/mol. The molecule has 0 heterocycles. The Hall–Kier alpha value is -4.16. The molecule has 1 aromatic rings. The highest BCUT2D eigenvalue weighted by Crippen LogP contribution is 2.12. The van der Waals surface area contributed by atoms with Crippen LogP contribution in [0.5, 0.6) is 5.75 Å². The second kappa shape index (κ2) is 16.5. The number of carbonyl (C=O) groups excluding carboxylic acids is 3. The Labute approximate surface area is 213 Å². The molecule has 0 radical (unpaired) electrons. The first-order valence-electron chi connectivity index (χ1n) is 11.8. The molecule has 1 rings (SSSR count). The van der Waals surface area contributed by atoms with Gasteiger partial charge in [0.1, 0.15) is 23.6 Å². The van der Waals surface area contributed by atoms with Crippen molar-refractivity contribution in [3.05, 3.63) is 29.8 Å². The van der Waals surface area contributed by atoms with Gasteiger partial charge in [0, 0.05) is 38.6 Å². The van der Waals surface area contributed by atoms with Gasteiger partial charge in [-0.2, -0.15) is 0 Å². The van der Waals surface area contributed by atoms with Gasteiger partial charge in [-0.15, -0.1) is 0 Å². The fraction of sp³-hybridized carbons (Fsp3) is 0.500. The minimum absolute atomic E-state index is 0.00793. The van der Waals surface area contributed by atoms with Crippen LogP contribution in [-0.2, 0) is 30.4 Å². The van der Waals surface area contributed by atoms with Gasteiger partial charge < -0.3 is 36.4 Å². The lowest BCUT2D eigenvalue weighted by atomic mass is 10.0. The van der Waals surface area contributed by atoms with Crippen molar-refractivity contribution in [1.82, 2.24) is 16.0 Å². The molecule has 0 saturated carbocycles. The summed E-state index contributed by atoms with van der Waals surface area (Å²) in [4.78, 5) is 69.2. The Morgan fingerprint density at radius 1 is 0.730 bits per heavy atom. The van der Waals surface area contributed by atoms with Crippen molar-refractivity contribution in [3.63, 3.8) is 0 Å². The Kier molecular flexibility index (Phi) is 13.8. The average molecular weight is 524 g/mol. The van der Waals surface area contributed by atoms with Gasteiger partial charge in [0.25, 0.3) is 0 Å². The van der Waals surface area contributed by atoms with Gasteiger partial charge in [0.05, 0.1) is 0 Å². The number of aromatic hydroxyl groups is 1. The molecule has 0 aliphatic carbocycles. The van der Waals surface area contributed by atoms with Crippen molar-refractivity contribution in [2.45, 2.75) is 69.9 Å². The van der Waals surface area contributed by atoms with Gasteiger partial charge in [-0.3, -0.25) is 14.4 Å². The molecule has 204 valence electrons. The Morgan fingerprint density at radius 2 is 1.35 bits per heavy atom. The number of rotatable bonds is 18. The Morgan fingerprint density at radius 3 is 1.95 bits per heavy atom. The number of carbonyl (C=O) groups is 6. The number of benzene rings is 1. The standard InChI is InChI=1S/C24H33N3O10/c28-16(11-12-18(22(33)34)27-24(37)25-13-3-6-21(31)32)4-1-2-5-20(30)26-19(23(35)36)14-15-7-9-17(29)10-8-15/h7-10,18-19,29H,1-6,11-14H2,(H,26,30)(H,31,32)(H,33,34)(H,35,36)(H2,25,27,37)/t18-,19-/m0/s1. The summed E-state index contributed by atoms with van der Waals surface area (Å²) < 4.78 is 0. The molecule has 0 saturated heterocycles. The first-order chi connectivity index (χ1) is 17.5. The maximum Gasteiger partial charge on any atom is 0.326 e. The van der Waals surface area contributed by atoms with Crippen LogP contribution in [0.3, 0.4) is 0 Å². The van der Waals surface area contributed by atoms with E-state index in [1.54, 1.807) is 12.1 Å². The number of nitrogens with one attached hydrogen (secondary N) is 3. The fourth-order valence-electron chi connectivity index (χ4n) is 3.28. The van der Waals surface area contributed by atoms with Gasteiger partial charge in [-0.05, 0) is 43.4 Å². The number of unbranched alkanes of at least 4 members (excludes halogenated alkanes) is 1. The van der Waals surface area contributed by atoms with Crippen LogP contribution in [0.1, 0.15) is 56.9 Å². The zero-order chi connectivity index (χ0) is 27.8. The molecule has 37 heavy (non-hydrogen) atoms. The predicted molar refractivity (Wildman–Crippen MR) is 129 cm³/mol. The van der Waals surface area contributed by atoms with Crippen LogP contribution in [0.4, 0.5) is 4.79 Å². The molecular formula is C24H33N3O10. The van der Waals surface area contributed by atoms with E-state index in [4.69, 9.17) is 5.11 Å². The zero-order valence-corrected chi connectivity index (χ0v) is 20.3. The first kappa shape index (κ1) is 30.9. The lowest BCUT2D eigenvalue weighted by molar-refractivity contribution is -0.142. The third-order valence-electron chi connectivity index (χ3n) is 5.29. The maximum absolute atomic E-state index is 12.1. The largest absolute Gasteiger partial charge is 0.508 e. The van der Waals surface area contributed by atoms with Crippen LogP contribution < -0.4 is 16.0 Å². The highest BCUT2D eigenvalue weighted by molar-refractivity contribution is 5.85. The molecule has 2 atom stereocenters. The number of carboxylic acid groups (broad SMARTS) is 3. The molecule has 13 heteroatoms. The van der Waals surface area contributed by atoms with E-state index >= 15 is 0 Å². The number of phenolic OH excluding ortho intramolecular Hbond substituents is 1. The lowest BCUT2D eigenvalue weighted by Gasteiger charge is -2.15. The third kappa shape index (κ3) is 14.1. The SMILES string of the molecule is O=C(O)CCCNC(=O)N[C@@H](CCC(=O)CCCCC(=O)N[C@@H](Cc1ccc(O)cc1)C(=O)O)C(=O)O. The maximum atomic E-state index is 12.1. The Balaban J connectivity index is 2.31. The average Bonchev–Trinajstić information content (AvgIpc) is 2.82. The van der Waals surface area contributed by atoms with E-state index in [0.29, 0.717) is 18.4 Å². The molecule has 0 aromatic heterocycles. The van der Waals surface area contributed by atoms with Crippen LogP contribution in [0.2, 0.25) is 0 Å². The van der Waals surface area contributed by atoms with Crippen LogP contribution in [0, 0.1) is 0 Å². The number of amides is 3. The molecule has 0 fully saturated rings. The molecule has 3 amide bonds. The molecule has 0 spiro atoms. The van der Waals surface area contributed by atoms with Crippen LogP contribution in [-0.4, -0.2) is 74.7 Å². The summed E-state index contributed by atoms with van der Waals surface area (Å²) in [6.07, 6.45) is 0.625. The fourth-order valence-corrected chi connectivity index (χ4v) is 3.28. The number of urea groups is 1. The third-order valence-corrected chi connectivity index (χ3v) is 5.29. The summed E-state index contributed by atoms with van der Waals surface area (Å²) in [6.45, 7) is 0.0565. The van der Waals surface area contributed by atoms with Gasteiger partial charge in [0.2, 0.25) is 5.91 Å². The summed E-state index contributed by atoms with van der Waals surface area (Å²) in [6, 6.07) is 2.74. The summed E-state index contributed by atoms with van der Waals surface area (Å²) in [5.41, 5.74) is 0.626. The van der Waals surface area contributed by atoms with Crippen molar-refractivity contribution in [1.29, 1.82) is 0 Å². The Bertz CT molecular complexity index is 949. The molecule has 1 aromatic carbocycles. The number of carboxylic acids is 3. The number of Topliss-reactive ketones (excluding diaryl/α,β-unsaturated/α-hetero) is 1. The number of ketones is 1. The second-order valence-corrected chi connectivity index (χ2v) is 8.40.